The highest BCUT2D eigenvalue weighted by atomic mass is 16.5. The van der Waals surface area contributed by atoms with E-state index in [1.165, 1.54) is 6.42 Å². The Kier molecular flexibility index (Phi) is 4.89. The minimum atomic E-state index is -0.451. The Labute approximate surface area is 112 Å². The molecule has 1 atom stereocenters. The van der Waals surface area contributed by atoms with Gasteiger partial charge in [0.15, 0.2) is 11.5 Å². The van der Waals surface area contributed by atoms with Crippen LogP contribution in [0.25, 0.3) is 0 Å². The van der Waals surface area contributed by atoms with Gasteiger partial charge in [-0.05, 0) is 26.3 Å². The molecule has 3 N–H and O–H groups in total. The molecule has 1 unspecified atom stereocenters. The van der Waals surface area contributed by atoms with E-state index in [1.807, 2.05) is 12.5 Å². The number of hydrazine groups is 1. The number of likely N-dealkylation sites (N-methyl/N-ethyl adjacent to an activating group) is 1. The highest BCUT2D eigenvalue weighted by Gasteiger charge is 2.17. The Morgan fingerprint density at radius 2 is 2.47 bits per heavy atom. The van der Waals surface area contributed by atoms with Crippen LogP contribution >= 0.6 is 0 Å². The molecule has 1 aromatic rings. The Morgan fingerprint density at radius 1 is 1.63 bits per heavy atom. The summed E-state index contributed by atoms with van der Waals surface area (Å²) in [5, 5.41) is 3.66. The van der Waals surface area contributed by atoms with Crippen LogP contribution in [-0.4, -0.2) is 42.3 Å². The maximum Gasteiger partial charge on any atom is 0.287 e. The summed E-state index contributed by atoms with van der Waals surface area (Å²) < 4.78 is 10.8. The number of nitrogens with one attached hydrogen (secondary N) is 1. The minimum absolute atomic E-state index is 0.194. The number of hydrogen-bond donors (Lipinski definition) is 2. The van der Waals surface area contributed by atoms with Gasteiger partial charge in [0.2, 0.25) is 0 Å². The molecule has 0 aromatic carbocycles. The van der Waals surface area contributed by atoms with Crippen molar-refractivity contribution in [3.63, 3.8) is 0 Å². The third-order valence-electron chi connectivity index (χ3n) is 3.14. The van der Waals surface area contributed by atoms with Crippen molar-refractivity contribution in [2.75, 3.05) is 20.2 Å². The van der Waals surface area contributed by atoms with Gasteiger partial charge in [-0.15, -0.1) is 0 Å². The molecular formula is C12H20N4O3. The lowest BCUT2D eigenvalue weighted by atomic mass is 10.1. The number of hydrogen-bond acceptors (Lipinski definition) is 6. The predicted molar refractivity (Wildman–Crippen MR) is 68.1 cm³/mol. The number of rotatable bonds is 5. The smallest absolute Gasteiger partial charge is 0.287 e. The van der Waals surface area contributed by atoms with Gasteiger partial charge in [-0.3, -0.25) is 15.1 Å². The van der Waals surface area contributed by atoms with Crippen molar-refractivity contribution in [3.8, 4) is 0 Å². The minimum Gasteiger partial charge on any atom is -0.377 e. The van der Waals surface area contributed by atoms with Gasteiger partial charge in [0, 0.05) is 19.2 Å². The monoisotopic (exact) mass is 268 g/mol. The second kappa shape index (κ2) is 6.65. The van der Waals surface area contributed by atoms with E-state index in [0.717, 1.165) is 26.0 Å². The first-order chi connectivity index (χ1) is 9.19. The van der Waals surface area contributed by atoms with Crippen LogP contribution in [0.1, 0.15) is 35.5 Å². The summed E-state index contributed by atoms with van der Waals surface area (Å²) in [6.45, 7) is 2.28. The summed E-state index contributed by atoms with van der Waals surface area (Å²) in [4.78, 5) is 13.3. The molecule has 0 spiro atoms. The van der Waals surface area contributed by atoms with E-state index in [9.17, 15) is 4.79 Å². The first-order valence-corrected chi connectivity index (χ1v) is 6.45. The lowest BCUT2D eigenvalue weighted by Crippen LogP contribution is -2.33. The van der Waals surface area contributed by atoms with Gasteiger partial charge in [-0.2, -0.15) is 0 Å². The van der Waals surface area contributed by atoms with Gasteiger partial charge in [-0.25, -0.2) is 5.84 Å². The predicted octanol–water partition coefficient (Wildman–Crippen LogP) is 0.279. The topological polar surface area (TPSA) is 93.6 Å². The maximum absolute atomic E-state index is 11.2. The summed E-state index contributed by atoms with van der Waals surface area (Å²) in [6.07, 6.45) is 3.76. The number of nitrogens with zero attached hydrogens (tertiary/aromatic N) is 2. The van der Waals surface area contributed by atoms with Crippen LogP contribution < -0.4 is 11.3 Å². The van der Waals surface area contributed by atoms with Crippen molar-refractivity contribution < 1.29 is 14.1 Å². The molecule has 1 fully saturated rings. The van der Waals surface area contributed by atoms with Crippen LogP contribution in [0.4, 0.5) is 0 Å². The fourth-order valence-electron chi connectivity index (χ4n) is 2.20. The highest BCUT2D eigenvalue weighted by Crippen LogP contribution is 2.14. The Morgan fingerprint density at radius 3 is 3.16 bits per heavy atom. The Hall–Kier alpha value is -1.44. The maximum atomic E-state index is 11.2. The molecule has 0 radical (unpaired) electrons. The van der Waals surface area contributed by atoms with E-state index < -0.39 is 5.91 Å². The second-order valence-electron chi connectivity index (χ2n) is 4.84. The van der Waals surface area contributed by atoms with E-state index in [-0.39, 0.29) is 11.8 Å². The Balaban J connectivity index is 1.82. The van der Waals surface area contributed by atoms with E-state index in [0.29, 0.717) is 12.3 Å². The number of nitrogen functional groups attached to an aromatic ring is 1. The molecule has 1 amide bonds. The van der Waals surface area contributed by atoms with Gasteiger partial charge in [0.1, 0.15) is 0 Å². The number of ether oxygens (including phenoxy) is 1. The molecule has 7 nitrogen and oxygen atoms in total. The fourth-order valence-corrected chi connectivity index (χ4v) is 2.20. The summed E-state index contributed by atoms with van der Waals surface area (Å²) >= 11 is 0. The number of carbonyl (C=O) groups excluding carboxylic acids is 1. The van der Waals surface area contributed by atoms with Gasteiger partial charge >= 0.3 is 0 Å². The Bertz CT molecular complexity index is 415. The van der Waals surface area contributed by atoms with E-state index in [1.54, 1.807) is 6.07 Å². The summed E-state index contributed by atoms with van der Waals surface area (Å²) in [6, 6.07) is 1.60. The standard InChI is InChI=1S/C12H20N4O3/c1-16(7-9-4-2-3-5-18-9)8-10-6-11(15-19-10)12(17)14-13/h6,9H,2-5,7-8,13H2,1H3,(H,14,17). The van der Waals surface area contributed by atoms with Gasteiger partial charge in [-0.1, -0.05) is 5.16 Å². The summed E-state index contributed by atoms with van der Waals surface area (Å²) in [5.74, 6) is 5.22. The molecule has 1 aliphatic rings. The average Bonchev–Trinajstić information content (AvgIpc) is 2.87. The lowest BCUT2D eigenvalue weighted by Gasteiger charge is -2.26. The largest absolute Gasteiger partial charge is 0.377 e. The molecule has 0 bridgehead atoms. The third kappa shape index (κ3) is 4.02. The quantitative estimate of drug-likeness (QED) is 0.452. The van der Waals surface area contributed by atoms with Crippen LogP contribution in [0, 0.1) is 0 Å². The van der Waals surface area contributed by atoms with Crippen molar-refractivity contribution in [1.82, 2.24) is 15.5 Å². The molecule has 1 saturated heterocycles. The van der Waals surface area contributed by atoms with Crippen molar-refractivity contribution in [3.05, 3.63) is 17.5 Å². The third-order valence-corrected chi connectivity index (χ3v) is 3.14. The SMILES string of the molecule is CN(Cc1cc(C(=O)NN)no1)CC1CCCCO1. The number of amides is 1. The number of carbonyl (C=O) groups is 1. The zero-order valence-electron chi connectivity index (χ0n) is 11.1. The molecule has 0 aliphatic carbocycles. The second-order valence-corrected chi connectivity index (χ2v) is 4.84. The molecule has 2 heterocycles. The van der Waals surface area contributed by atoms with Gasteiger partial charge in [0.25, 0.3) is 5.91 Å². The summed E-state index contributed by atoms with van der Waals surface area (Å²) in [7, 11) is 1.99. The van der Waals surface area contributed by atoms with Crippen molar-refractivity contribution in [2.45, 2.75) is 31.9 Å². The lowest BCUT2D eigenvalue weighted by molar-refractivity contribution is -0.00360. The van der Waals surface area contributed by atoms with Crippen LogP contribution in [0.3, 0.4) is 0 Å². The molecule has 0 saturated carbocycles. The first-order valence-electron chi connectivity index (χ1n) is 6.45. The van der Waals surface area contributed by atoms with Gasteiger partial charge < -0.3 is 9.26 Å². The molecule has 19 heavy (non-hydrogen) atoms. The van der Waals surface area contributed by atoms with Crippen LogP contribution in [0.5, 0.6) is 0 Å². The number of aromatic nitrogens is 1. The van der Waals surface area contributed by atoms with Crippen LogP contribution in [0.2, 0.25) is 0 Å². The zero-order chi connectivity index (χ0) is 13.7. The number of nitrogens with two attached hydrogens (primary N) is 1. The molecule has 1 aliphatic heterocycles. The van der Waals surface area contributed by atoms with E-state index >= 15 is 0 Å². The highest BCUT2D eigenvalue weighted by molar-refractivity contribution is 5.91. The van der Waals surface area contributed by atoms with E-state index in [4.69, 9.17) is 15.1 Å². The van der Waals surface area contributed by atoms with Crippen molar-refractivity contribution in [2.24, 2.45) is 5.84 Å². The molecular weight excluding hydrogens is 248 g/mol. The molecule has 7 heteroatoms. The van der Waals surface area contributed by atoms with E-state index in [2.05, 4.69) is 10.1 Å². The van der Waals surface area contributed by atoms with Gasteiger partial charge in [0.05, 0.1) is 12.6 Å². The van der Waals surface area contributed by atoms with Crippen molar-refractivity contribution >= 4 is 5.91 Å². The molecule has 106 valence electrons. The van der Waals surface area contributed by atoms with Crippen LogP contribution in [0.15, 0.2) is 10.6 Å². The first kappa shape index (κ1) is 14.0. The van der Waals surface area contributed by atoms with Crippen LogP contribution in [-0.2, 0) is 11.3 Å². The molecule has 1 aromatic heterocycles. The zero-order valence-corrected chi connectivity index (χ0v) is 11.1. The average molecular weight is 268 g/mol. The molecule has 2 rings (SSSR count). The van der Waals surface area contributed by atoms with Crippen molar-refractivity contribution in [1.29, 1.82) is 0 Å². The summed E-state index contributed by atoms with van der Waals surface area (Å²) in [5.41, 5.74) is 2.21. The fraction of sp³-hybridized carbons (Fsp3) is 0.667. The normalized spacial score (nSPS) is 19.6.